The number of rotatable bonds is 3. The van der Waals surface area contributed by atoms with Crippen LogP contribution in [-0.2, 0) is 0 Å². The summed E-state index contributed by atoms with van der Waals surface area (Å²) in [6.07, 6.45) is 6.58. The van der Waals surface area contributed by atoms with Crippen molar-refractivity contribution in [2.75, 3.05) is 18.1 Å². The Balaban J connectivity index is 2.16. The molecule has 1 aliphatic heterocycles. The van der Waals surface area contributed by atoms with Gasteiger partial charge in [0.05, 0.1) is 30.2 Å². The highest BCUT2D eigenvalue weighted by Crippen LogP contribution is 2.24. The summed E-state index contributed by atoms with van der Waals surface area (Å²) in [5.74, 6) is 0. The van der Waals surface area contributed by atoms with Crippen molar-refractivity contribution in [1.82, 2.24) is 4.98 Å². The average Bonchev–Trinajstić information content (AvgIpc) is 2.63. The van der Waals surface area contributed by atoms with E-state index in [9.17, 15) is 5.11 Å². The van der Waals surface area contributed by atoms with Crippen LogP contribution in [0.1, 0.15) is 44.3 Å². The van der Waals surface area contributed by atoms with Gasteiger partial charge in [-0.1, -0.05) is 12.8 Å². The number of hydrogen-bond donors (Lipinski definition) is 2. The molecule has 1 aromatic heterocycles. The Bertz CT molecular complexity index is 364. The number of aliphatic hydroxyl groups excluding tert-OH is 1. The van der Waals surface area contributed by atoms with E-state index in [4.69, 9.17) is 5.73 Å². The molecule has 2 atom stereocenters. The Kier molecular flexibility index (Phi) is 4.55. The van der Waals surface area contributed by atoms with Gasteiger partial charge in [0.25, 0.3) is 0 Å². The molecule has 1 aromatic rings. The lowest BCUT2D eigenvalue weighted by molar-refractivity contribution is 0.255. The number of hydrogen-bond acceptors (Lipinski definition) is 4. The average molecular weight is 249 g/mol. The Morgan fingerprint density at radius 2 is 2.28 bits per heavy atom. The molecule has 0 aromatic carbocycles. The number of aromatic nitrogens is 1. The molecule has 1 fully saturated rings. The molecular weight excluding hydrogens is 226 g/mol. The predicted octanol–water partition coefficient (Wildman–Crippen LogP) is 1.84. The smallest absolute Gasteiger partial charge is 0.0635 e. The molecule has 2 rings (SSSR count). The van der Waals surface area contributed by atoms with E-state index in [0.29, 0.717) is 0 Å². The van der Waals surface area contributed by atoms with Crippen molar-refractivity contribution in [2.24, 2.45) is 5.73 Å². The Morgan fingerprint density at radius 1 is 1.44 bits per heavy atom. The number of pyridine rings is 1. The van der Waals surface area contributed by atoms with Crippen LogP contribution in [0.25, 0.3) is 0 Å². The summed E-state index contributed by atoms with van der Waals surface area (Å²) in [7, 11) is 0. The monoisotopic (exact) mass is 249 g/mol. The zero-order valence-corrected chi connectivity index (χ0v) is 11.0. The van der Waals surface area contributed by atoms with Gasteiger partial charge in [0.2, 0.25) is 0 Å². The van der Waals surface area contributed by atoms with Crippen molar-refractivity contribution in [3.63, 3.8) is 0 Å². The van der Waals surface area contributed by atoms with Crippen molar-refractivity contribution in [1.29, 1.82) is 0 Å². The minimum absolute atomic E-state index is 0.0307. The zero-order chi connectivity index (χ0) is 13.0. The van der Waals surface area contributed by atoms with Gasteiger partial charge in [0.1, 0.15) is 0 Å². The molecule has 3 N–H and O–H groups in total. The molecule has 18 heavy (non-hydrogen) atoms. The molecule has 0 bridgehead atoms. The van der Waals surface area contributed by atoms with Crippen molar-refractivity contribution >= 4 is 5.69 Å². The fourth-order valence-electron chi connectivity index (χ4n) is 2.54. The molecule has 1 aliphatic rings. The van der Waals surface area contributed by atoms with E-state index in [0.717, 1.165) is 24.3 Å². The van der Waals surface area contributed by atoms with E-state index in [1.165, 1.54) is 19.3 Å². The highest BCUT2D eigenvalue weighted by molar-refractivity contribution is 5.46. The molecule has 0 amide bonds. The lowest BCUT2D eigenvalue weighted by Gasteiger charge is -2.30. The van der Waals surface area contributed by atoms with Crippen LogP contribution in [0.5, 0.6) is 0 Å². The second kappa shape index (κ2) is 6.16. The normalized spacial score (nSPS) is 22.6. The Morgan fingerprint density at radius 3 is 2.89 bits per heavy atom. The molecular formula is C14H23N3O. The van der Waals surface area contributed by atoms with Crippen LogP contribution in [0.4, 0.5) is 5.69 Å². The largest absolute Gasteiger partial charge is 0.394 e. The molecule has 100 valence electrons. The second-order valence-corrected chi connectivity index (χ2v) is 5.11. The first-order valence-corrected chi connectivity index (χ1v) is 6.81. The van der Waals surface area contributed by atoms with E-state index < -0.39 is 0 Å². The molecule has 1 saturated heterocycles. The van der Waals surface area contributed by atoms with Crippen LogP contribution >= 0.6 is 0 Å². The highest BCUT2D eigenvalue weighted by atomic mass is 16.3. The summed E-state index contributed by atoms with van der Waals surface area (Å²) in [5, 5.41) is 9.51. The molecule has 0 spiro atoms. The highest BCUT2D eigenvalue weighted by Gasteiger charge is 2.20. The van der Waals surface area contributed by atoms with Gasteiger partial charge in [-0.25, -0.2) is 0 Å². The van der Waals surface area contributed by atoms with Gasteiger partial charge in [-0.15, -0.1) is 0 Å². The van der Waals surface area contributed by atoms with Crippen molar-refractivity contribution < 1.29 is 5.11 Å². The molecule has 0 saturated carbocycles. The minimum Gasteiger partial charge on any atom is -0.394 e. The molecule has 4 nitrogen and oxygen atoms in total. The number of aliphatic hydroxyl groups is 1. The quantitative estimate of drug-likeness (QED) is 0.858. The van der Waals surface area contributed by atoms with E-state index in [-0.39, 0.29) is 18.7 Å². The Labute approximate surface area is 109 Å². The molecule has 4 heteroatoms. The third kappa shape index (κ3) is 3.00. The van der Waals surface area contributed by atoms with E-state index in [1.807, 2.05) is 19.2 Å². The SMILES string of the molecule is CC(N)c1ccc(N2CCCCCC2CO)cn1. The van der Waals surface area contributed by atoms with Crippen LogP contribution in [-0.4, -0.2) is 29.3 Å². The lowest BCUT2D eigenvalue weighted by Crippen LogP contribution is -2.37. The van der Waals surface area contributed by atoms with Gasteiger partial charge >= 0.3 is 0 Å². The summed E-state index contributed by atoms with van der Waals surface area (Å²) in [5.41, 5.74) is 7.81. The Hall–Kier alpha value is -1.13. The van der Waals surface area contributed by atoms with Crippen molar-refractivity contribution in [2.45, 2.75) is 44.7 Å². The summed E-state index contributed by atoms with van der Waals surface area (Å²) in [6.45, 7) is 3.16. The molecule has 0 radical (unpaired) electrons. The first kappa shape index (κ1) is 13.3. The fourth-order valence-corrected chi connectivity index (χ4v) is 2.54. The van der Waals surface area contributed by atoms with Crippen LogP contribution < -0.4 is 10.6 Å². The number of anilines is 1. The lowest BCUT2D eigenvalue weighted by atomic mass is 10.1. The first-order valence-electron chi connectivity index (χ1n) is 6.81. The van der Waals surface area contributed by atoms with Gasteiger partial charge in [-0.05, 0) is 31.9 Å². The van der Waals surface area contributed by atoms with E-state index in [2.05, 4.69) is 16.0 Å². The molecule has 0 aliphatic carbocycles. The van der Waals surface area contributed by atoms with Gasteiger partial charge in [-0.3, -0.25) is 4.98 Å². The molecule has 2 unspecified atom stereocenters. The maximum Gasteiger partial charge on any atom is 0.0635 e. The zero-order valence-electron chi connectivity index (χ0n) is 11.0. The van der Waals surface area contributed by atoms with Gasteiger partial charge in [0.15, 0.2) is 0 Å². The number of nitrogens with two attached hydrogens (primary N) is 1. The summed E-state index contributed by atoms with van der Waals surface area (Å²) < 4.78 is 0. The summed E-state index contributed by atoms with van der Waals surface area (Å²) >= 11 is 0. The van der Waals surface area contributed by atoms with Crippen molar-refractivity contribution in [3.8, 4) is 0 Å². The van der Waals surface area contributed by atoms with E-state index in [1.54, 1.807) is 0 Å². The van der Waals surface area contributed by atoms with Crippen molar-refractivity contribution in [3.05, 3.63) is 24.0 Å². The topological polar surface area (TPSA) is 62.4 Å². The van der Waals surface area contributed by atoms with Crippen LogP contribution in [0, 0.1) is 0 Å². The molecule has 2 heterocycles. The fraction of sp³-hybridized carbons (Fsp3) is 0.643. The van der Waals surface area contributed by atoms with Gasteiger partial charge in [0, 0.05) is 12.6 Å². The standard InChI is InChI=1S/C14H23N3O/c1-11(15)14-7-6-12(9-16-14)17-8-4-2-3-5-13(17)10-18/h6-7,9,11,13,18H,2-5,8,10,15H2,1H3. The second-order valence-electron chi connectivity index (χ2n) is 5.11. The van der Waals surface area contributed by atoms with Gasteiger partial charge in [-0.2, -0.15) is 0 Å². The summed E-state index contributed by atoms with van der Waals surface area (Å²) in [4.78, 5) is 6.69. The van der Waals surface area contributed by atoms with Gasteiger partial charge < -0.3 is 15.7 Å². The van der Waals surface area contributed by atoms with Crippen LogP contribution in [0.2, 0.25) is 0 Å². The van der Waals surface area contributed by atoms with Crippen LogP contribution in [0.15, 0.2) is 18.3 Å². The number of nitrogens with zero attached hydrogens (tertiary/aromatic N) is 2. The maximum atomic E-state index is 9.51. The maximum absolute atomic E-state index is 9.51. The third-order valence-corrected chi connectivity index (χ3v) is 3.66. The summed E-state index contributed by atoms with van der Waals surface area (Å²) in [6, 6.07) is 4.26. The van der Waals surface area contributed by atoms with E-state index >= 15 is 0 Å². The minimum atomic E-state index is -0.0307. The van der Waals surface area contributed by atoms with Crippen LogP contribution in [0.3, 0.4) is 0 Å². The first-order chi connectivity index (χ1) is 8.72. The predicted molar refractivity (Wildman–Crippen MR) is 73.5 cm³/mol. The third-order valence-electron chi connectivity index (χ3n) is 3.66.